The van der Waals surface area contributed by atoms with Crippen molar-refractivity contribution < 1.29 is 19.1 Å². The van der Waals surface area contributed by atoms with Crippen LogP contribution in [-0.4, -0.2) is 25.1 Å². The van der Waals surface area contributed by atoms with Crippen LogP contribution in [-0.2, 0) is 14.3 Å². The Morgan fingerprint density at radius 3 is 2.61 bits per heavy atom. The topological polar surface area (TPSA) is 64.6 Å². The first-order valence-electron chi connectivity index (χ1n) is 5.84. The zero-order valence-corrected chi connectivity index (χ0v) is 10.6. The second kappa shape index (κ2) is 7.32. The molecule has 0 saturated carbocycles. The van der Waals surface area contributed by atoms with Crippen molar-refractivity contribution in [3.63, 3.8) is 0 Å². The Labute approximate surface area is 106 Å². The van der Waals surface area contributed by atoms with Gasteiger partial charge in [0, 0.05) is 6.42 Å². The quantitative estimate of drug-likeness (QED) is 0.785. The molecule has 0 unspecified atom stereocenters. The summed E-state index contributed by atoms with van der Waals surface area (Å²) < 4.78 is 10.1. The lowest BCUT2D eigenvalue weighted by Gasteiger charge is -2.11. The van der Waals surface area contributed by atoms with E-state index in [-0.39, 0.29) is 18.9 Å². The van der Waals surface area contributed by atoms with Gasteiger partial charge in [-0.1, -0.05) is 19.1 Å². The first-order valence-corrected chi connectivity index (χ1v) is 5.84. The first kappa shape index (κ1) is 14.0. The van der Waals surface area contributed by atoms with Crippen LogP contribution in [0.3, 0.4) is 0 Å². The second-order valence-corrected chi connectivity index (χ2v) is 3.49. The van der Waals surface area contributed by atoms with Crippen molar-refractivity contribution in [3.8, 4) is 5.75 Å². The number of rotatable bonds is 6. The van der Waals surface area contributed by atoms with Crippen molar-refractivity contribution in [2.45, 2.75) is 20.3 Å². The molecule has 98 valence electrons. The predicted octanol–water partition coefficient (Wildman–Crippen LogP) is 1.98. The fourth-order valence-electron chi connectivity index (χ4n) is 1.29. The largest absolute Gasteiger partial charge is 0.492 e. The summed E-state index contributed by atoms with van der Waals surface area (Å²) in [5.41, 5.74) is 0.567. The number of hydrogen-bond donors (Lipinski definition) is 1. The molecule has 0 radical (unpaired) electrons. The summed E-state index contributed by atoms with van der Waals surface area (Å²) in [7, 11) is 0. The molecule has 0 aliphatic heterocycles. The summed E-state index contributed by atoms with van der Waals surface area (Å²) in [6.07, 6.45) is 0.253. The average molecular weight is 251 g/mol. The molecule has 1 aromatic carbocycles. The van der Waals surface area contributed by atoms with Gasteiger partial charge in [-0.05, 0) is 19.1 Å². The molecule has 0 saturated heterocycles. The third kappa shape index (κ3) is 4.45. The second-order valence-electron chi connectivity index (χ2n) is 3.49. The summed E-state index contributed by atoms with van der Waals surface area (Å²) in [4.78, 5) is 22.5. The number of para-hydroxylation sites is 2. The maximum absolute atomic E-state index is 11.5. The minimum absolute atomic E-state index is 0.253. The maximum atomic E-state index is 11.5. The molecule has 0 aliphatic carbocycles. The van der Waals surface area contributed by atoms with E-state index in [1.54, 1.807) is 25.1 Å². The number of hydrogen-bond acceptors (Lipinski definition) is 4. The summed E-state index contributed by atoms with van der Waals surface area (Å²) >= 11 is 0. The van der Waals surface area contributed by atoms with Crippen molar-refractivity contribution >= 4 is 17.6 Å². The van der Waals surface area contributed by atoms with E-state index in [2.05, 4.69) is 5.32 Å². The molecule has 5 heteroatoms. The van der Waals surface area contributed by atoms with Gasteiger partial charge >= 0.3 is 5.97 Å². The monoisotopic (exact) mass is 251 g/mol. The van der Waals surface area contributed by atoms with Crippen molar-refractivity contribution in [3.05, 3.63) is 24.3 Å². The number of carbonyl (C=O) groups excluding carboxylic acids is 2. The summed E-state index contributed by atoms with van der Waals surface area (Å²) in [5, 5.41) is 2.63. The number of anilines is 1. The Morgan fingerprint density at radius 2 is 1.94 bits per heavy atom. The fraction of sp³-hybridized carbons (Fsp3) is 0.385. The lowest BCUT2D eigenvalue weighted by molar-refractivity contribution is -0.146. The Kier molecular flexibility index (Phi) is 5.70. The van der Waals surface area contributed by atoms with Crippen LogP contribution in [0.1, 0.15) is 20.3 Å². The lowest BCUT2D eigenvalue weighted by atomic mass is 10.3. The van der Waals surface area contributed by atoms with Gasteiger partial charge in [0.2, 0.25) is 0 Å². The molecule has 1 amide bonds. The van der Waals surface area contributed by atoms with Crippen LogP contribution in [0.2, 0.25) is 0 Å². The van der Waals surface area contributed by atoms with E-state index < -0.39 is 5.97 Å². The van der Waals surface area contributed by atoms with Gasteiger partial charge in [-0.15, -0.1) is 0 Å². The van der Waals surface area contributed by atoms with Gasteiger partial charge in [-0.2, -0.15) is 0 Å². The zero-order valence-electron chi connectivity index (χ0n) is 10.6. The van der Waals surface area contributed by atoms with Crippen molar-refractivity contribution in [1.82, 2.24) is 0 Å². The average Bonchev–Trinajstić information content (AvgIpc) is 2.38. The predicted molar refractivity (Wildman–Crippen MR) is 67.5 cm³/mol. The highest BCUT2D eigenvalue weighted by Crippen LogP contribution is 2.23. The third-order valence-corrected chi connectivity index (χ3v) is 2.11. The molecule has 18 heavy (non-hydrogen) atoms. The highest BCUT2D eigenvalue weighted by Gasteiger charge is 2.09. The molecule has 0 heterocycles. The van der Waals surface area contributed by atoms with Crippen LogP contribution in [0.15, 0.2) is 24.3 Å². The maximum Gasteiger partial charge on any atom is 0.306 e. The molecule has 0 atom stereocenters. The van der Waals surface area contributed by atoms with Crippen LogP contribution in [0, 0.1) is 0 Å². The molecule has 0 spiro atoms. The fourth-order valence-corrected chi connectivity index (χ4v) is 1.29. The highest BCUT2D eigenvalue weighted by molar-refractivity contribution is 5.94. The number of ether oxygens (including phenoxy) is 2. The molecule has 0 bridgehead atoms. The summed E-state index contributed by atoms with van der Waals surface area (Å²) in [6, 6.07) is 7.09. The number of nitrogens with one attached hydrogen (secondary N) is 1. The number of esters is 1. The molecule has 1 rings (SSSR count). The van der Waals surface area contributed by atoms with Crippen LogP contribution in [0.5, 0.6) is 5.75 Å². The standard InChI is InChI=1S/C13H17NO4/c1-3-13(16)18-9-12(15)14-10-7-5-6-8-11(10)17-4-2/h5-8H,3-4,9H2,1-2H3,(H,14,15). The molecule has 0 fully saturated rings. The summed E-state index contributed by atoms with van der Waals surface area (Å²) in [6.45, 7) is 3.76. The van der Waals surface area contributed by atoms with Gasteiger partial charge < -0.3 is 14.8 Å². The number of carbonyl (C=O) groups is 2. The Morgan fingerprint density at radius 1 is 1.22 bits per heavy atom. The van der Waals surface area contributed by atoms with Crippen molar-refractivity contribution in [2.75, 3.05) is 18.5 Å². The van der Waals surface area contributed by atoms with E-state index >= 15 is 0 Å². The van der Waals surface area contributed by atoms with Gasteiger partial charge in [0.05, 0.1) is 12.3 Å². The van der Waals surface area contributed by atoms with E-state index in [9.17, 15) is 9.59 Å². The van der Waals surface area contributed by atoms with Crippen LogP contribution in [0.4, 0.5) is 5.69 Å². The van der Waals surface area contributed by atoms with Crippen LogP contribution >= 0.6 is 0 Å². The third-order valence-electron chi connectivity index (χ3n) is 2.11. The SMILES string of the molecule is CCOc1ccccc1NC(=O)COC(=O)CC. The van der Waals surface area contributed by atoms with Crippen LogP contribution in [0.25, 0.3) is 0 Å². The minimum Gasteiger partial charge on any atom is -0.492 e. The van der Waals surface area contributed by atoms with E-state index in [4.69, 9.17) is 9.47 Å². The number of amides is 1. The summed E-state index contributed by atoms with van der Waals surface area (Å²) in [5.74, 6) is -0.192. The van der Waals surface area contributed by atoms with E-state index in [1.807, 2.05) is 13.0 Å². The highest BCUT2D eigenvalue weighted by atomic mass is 16.5. The smallest absolute Gasteiger partial charge is 0.306 e. The first-order chi connectivity index (χ1) is 8.67. The Balaban J connectivity index is 2.56. The van der Waals surface area contributed by atoms with Gasteiger partial charge in [0.1, 0.15) is 5.75 Å². The van der Waals surface area contributed by atoms with Gasteiger partial charge in [0.15, 0.2) is 6.61 Å². The molecule has 0 aliphatic rings. The zero-order chi connectivity index (χ0) is 13.4. The molecule has 1 aromatic rings. The van der Waals surface area contributed by atoms with Gasteiger partial charge in [-0.25, -0.2) is 0 Å². The molecule has 0 aromatic heterocycles. The lowest BCUT2D eigenvalue weighted by Crippen LogP contribution is -2.20. The number of benzene rings is 1. The minimum atomic E-state index is -0.400. The van der Waals surface area contributed by atoms with Crippen molar-refractivity contribution in [1.29, 1.82) is 0 Å². The van der Waals surface area contributed by atoms with E-state index in [0.29, 0.717) is 18.0 Å². The van der Waals surface area contributed by atoms with E-state index in [1.165, 1.54) is 0 Å². The molecule has 1 N–H and O–H groups in total. The molecular formula is C13H17NO4. The molecular weight excluding hydrogens is 234 g/mol. The van der Waals surface area contributed by atoms with Gasteiger partial charge in [-0.3, -0.25) is 9.59 Å². The van der Waals surface area contributed by atoms with Crippen LogP contribution < -0.4 is 10.1 Å². The van der Waals surface area contributed by atoms with E-state index in [0.717, 1.165) is 0 Å². The molecule has 5 nitrogen and oxygen atoms in total. The normalized spacial score (nSPS) is 9.67. The Bertz CT molecular complexity index is 417. The van der Waals surface area contributed by atoms with Crippen molar-refractivity contribution in [2.24, 2.45) is 0 Å². The van der Waals surface area contributed by atoms with Gasteiger partial charge in [0.25, 0.3) is 5.91 Å². The Hall–Kier alpha value is -2.04.